The Labute approximate surface area is 174 Å². The third-order valence-corrected chi connectivity index (χ3v) is 4.68. The number of benzene rings is 2. The van der Waals surface area contributed by atoms with Crippen LogP contribution in [0.15, 0.2) is 64.1 Å². The monoisotopic (exact) mass is 490 g/mol. The highest BCUT2D eigenvalue weighted by Gasteiger charge is 2.09. The number of amides is 1. The highest BCUT2D eigenvalue weighted by atomic mass is 127. The van der Waals surface area contributed by atoms with Crippen LogP contribution in [-0.4, -0.2) is 30.3 Å². The van der Waals surface area contributed by atoms with Gasteiger partial charge in [0.05, 0.1) is 22.5 Å². The van der Waals surface area contributed by atoms with E-state index in [0.29, 0.717) is 28.4 Å². The number of hydrazone groups is 1. The lowest BCUT2D eigenvalue weighted by atomic mass is 10.1. The van der Waals surface area contributed by atoms with Crippen molar-refractivity contribution < 1.29 is 23.8 Å². The Morgan fingerprint density at radius 3 is 2.71 bits per heavy atom. The Kier molecular flexibility index (Phi) is 6.09. The fraction of sp³-hybridized carbons (Fsp3) is 0.0500. The average Bonchev–Trinajstić information content (AvgIpc) is 3.17. The molecule has 8 heteroatoms. The third-order valence-electron chi connectivity index (χ3n) is 3.79. The van der Waals surface area contributed by atoms with Crippen LogP contribution in [0.3, 0.4) is 0 Å². The maximum absolute atomic E-state index is 12.2. The molecule has 0 spiro atoms. The molecule has 2 aromatic carbocycles. The Hall–Kier alpha value is -3.14. The fourth-order valence-corrected chi connectivity index (χ4v) is 2.96. The molecule has 0 fully saturated rings. The minimum atomic E-state index is -1.01. The molecule has 0 saturated carbocycles. The minimum absolute atomic E-state index is 0.171. The molecule has 7 nitrogen and oxygen atoms in total. The molecule has 2 N–H and O–H groups in total. The second-order valence-corrected chi connectivity index (χ2v) is 6.80. The summed E-state index contributed by atoms with van der Waals surface area (Å²) in [4.78, 5) is 23.2. The van der Waals surface area contributed by atoms with Gasteiger partial charge in [0.25, 0.3) is 5.91 Å². The summed E-state index contributed by atoms with van der Waals surface area (Å²) < 4.78 is 11.7. The fourth-order valence-electron chi connectivity index (χ4n) is 2.40. The Morgan fingerprint density at radius 1 is 1.14 bits per heavy atom. The lowest BCUT2D eigenvalue weighted by molar-refractivity contribution is 0.0696. The van der Waals surface area contributed by atoms with E-state index in [1.165, 1.54) is 25.5 Å². The van der Waals surface area contributed by atoms with Gasteiger partial charge < -0.3 is 14.3 Å². The number of hydrogen-bond donors (Lipinski definition) is 2. The van der Waals surface area contributed by atoms with Crippen molar-refractivity contribution in [2.24, 2.45) is 5.10 Å². The van der Waals surface area contributed by atoms with Crippen molar-refractivity contribution in [1.82, 2.24) is 5.43 Å². The summed E-state index contributed by atoms with van der Waals surface area (Å²) in [6, 6.07) is 14.9. The molecule has 1 aromatic heterocycles. The van der Waals surface area contributed by atoms with Crippen molar-refractivity contribution in [3.63, 3.8) is 0 Å². The molecule has 142 valence electrons. The number of halogens is 1. The molecule has 28 heavy (non-hydrogen) atoms. The second kappa shape index (κ2) is 8.70. The van der Waals surface area contributed by atoms with E-state index in [0.717, 1.165) is 3.57 Å². The van der Waals surface area contributed by atoms with Crippen LogP contribution in [0.4, 0.5) is 0 Å². The smallest absolute Gasteiger partial charge is 0.335 e. The van der Waals surface area contributed by atoms with Crippen molar-refractivity contribution in [2.45, 2.75) is 0 Å². The van der Waals surface area contributed by atoms with Crippen LogP contribution in [0.25, 0.3) is 11.3 Å². The van der Waals surface area contributed by atoms with Crippen LogP contribution in [-0.2, 0) is 0 Å². The van der Waals surface area contributed by atoms with E-state index in [4.69, 9.17) is 14.3 Å². The van der Waals surface area contributed by atoms with Gasteiger partial charge in [-0.05, 0) is 65.1 Å². The Balaban J connectivity index is 1.68. The molecule has 0 bridgehead atoms. The number of rotatable bonds is 6. The van der Waals surface area contributed by atoms with E-state index in [1.54, 1.807) is 42.5 Å². The summed E-state index contributed by atoms with van der Waals surface area (Å²) in [6.45, 7) is 0. The van der Waals surface area contributed by atoms with Crippen molar-refractivity contribution in [3.8, 4) is 17.1 Å². The number of nitrogens with zero attached hydrogens (tertiary/aromatic N) is 1. The molecule has 3 rings (SSSR count). The van der Waals surface area contributed by atoms with Crippen molar-refractivity contribution in [2.75, 3.05) is 7.11 Å². The first-order valence-corrected chi connectivity index (χ1v) is 9.16. The highest BCUT2D eigenvalue weighted by Crippen LogP contribution is 2.23. The van der Waals surface area contributed by atoms with Gasteiger partial charge in [0.15, 0.2) is 0 Å². The van der Waals surface area contributed by atoms with Crippen LogP contribution >= 0.6 is 22.6 Å². The first kappa shape index (κ1) is 19.6. The second-order valence-electron chi connectivity index (χ2n) is 5.64. The molecule has 1 amide bonds. The number of aromatic carboxylic acids is 1. The molecule has 0 unspecified atom stereocenters. The molecule has 3 aromatic rings. The third kappa shape index (κ3) is 4.58. The Morgan fingerprint density at radius 2 is 1.96 bits per heavy atom. The lowest BCUT2D eigenvalue weighted by Crippen LogP contribution is -2.17. The predicted molar refractivity (Wildman–Crippen MR) is 112 cm³/mol. The van der Waals surface area contributed by atoms with Crippen LogP contribution in [0.1, 0.15) is 26.5 Å². The van der Waals surface area contributed by atoms with E-state index in [1.807, 2.05) is 0 Å². The first-order chi connectivity index (χ1) is 13.5. The topological polar surface area (TPSA) is 101 Å². The van der Waals surface area contributed by atoms with Gasteiger partial charge in [0.1, 0.15) is 17.3 Å². The molecular weight excluding hydrogens is 475 g/mol. The zero-order valence-electron chi connectivity index (χ0n) is 14.7. The van der Waals surface area contributed by atoms with Gasteiger partial charge in [-0.15, -0.1) is 0 Å². The summed E-state index contributed by atoms with van der Waals surface area (Å²) in [5.74, 6) is 0.128. The SMILES string of the molecule is COc1cc(C(=O)N/N=C/c2ccc(-c3cccc(C(=O)O)c3)o2)ccc1I. The molecule has 0 aliphatic rings. The number of carbonyl (C=O) groups is 2. The maximum atomic E-state index is 12.2. The van der Waals surface area contributed by atoms with E-state index >= 15 is 0 Å². The van der Waals surface area contributed by atoms with Gasteiger partial charge in [-0.1, -0.05) is 12.1 Å². The quantitative estimate of drug-likeness (QED) is 0.309. The average molecular weight is 490 g/mol. The van der Waals surface area contributed by atoms with Crippen LogP contribution < -0.4 is 10.2 Å². The maximum Gasteiger partial charge on any atom is 0.335 e. The molecule has 0 atom stereocenters. The number of ether oxygens (including phenoxy) is 1. The van der Waals surface area contributed by atoms with Gasteiger partial charge in [0.2, 0.25) is 0 Å². The number of carboxylic acid groups (broad SMARTS) is 1. The molecule has 0 aliphatic heterocycles. The standard InChI is InChI=1S/C20H15IN2O5/c1-27-18-10-13(5-7-16(18)21)19(24)23-22-11-15-6-8-17(28-15)12-3-2-4-14(9-12)20(25)26/h2-11H,1H3,(H,23,24)(H,25,26)/b22-11+. The zero-order chi connectivity index (χ0) is 20.1. The summed E-state index contributed by atoms with van der Waals surface area (Å²) in [6.07, 6.45) is 1.37. The first-order valence-electron chi connectivity index (χ1n) is 8.08. The predicted octanol–water partition coefficient (Wildman–Crippen LogP) is 4.02. The largest absolute Gasteiger partial charge is 0.496 e. The van der Waals surface area contributed by atoms with E-state index in [2.05, 4.69) is 33.1 Å². The molecule has 0 saturated heterocycles. The van der Waals surface area contributed by atoms with Gasteiger partial charge in [0, 0.05) is 11.1 Å². The van der Waals surface area contributed by atoms with Gasteiger partial charge in [-0.3, -0.25) is 4.79 Å². The summed E-state index contributed by atoms with van der Waals surface area (Å²) in [5.41, 5.74) is 3.65. The highest BCUT2D eigenvalue weighted by molar-refractivity contribution is 14.1. The molecular formula is C20H15IN2O5. The van der Waals surface area contributed by atoms with Crippen molar-refractivity contribution in [3.05, 3.63) is 75.1 Å². The normalized spacial score (nSPS) is 10.8. The lowest BCUT2D eigenvalue weighted by Gasteiger charge is -2.05. The Bertz CT molecular complexity index is 1060. The number of methoxy groups -OCH3 is 1. The number of nitrogens with one attached hydrogen (secondary N) is 1. The van der Waals surface area contributed by atoms with Gasteiger partial charge in [-0.2, -0.15) is 5.10 Å². The molecule has 1 heterocycles. The van der Waals surface area contributed by atoms with E-state index in [9.17, 15) is 9.59 Å². The molecule has 0 radical (unpaired) electrons. The number of carboxylic acids is 1. The van der Waals surface area contributed by atoms with E-state index < -0.39 is 5.97 Å². The zero-order valence-corrected chi connectivity index (χ0v) is 16.8. The number of hydrogen-bond acceptors (Lipinski definition) is 5. The van der Waals surface area contributed by atoms with E-state index in [-0.39, 0.29) is 11.5 Å². The van der Waals surface area contributed by atoms with Crippen molar-refractivity contribution in [1.29, 1.82) is 0 Å². The minimum Gasteiger partial charge on any atom is -0.496 e. The summed E-state index contributed by atoms with van der Waals surface area (Å²) in [7, 11) is 1.54. The van der Waals surface area contributed by atoms with Crippen LogP contribution in [0, 0.1) is 3.57 Å². The van der Waals surface area contributed by atoms with Crippen LogP contribution in [0.2, 0.25) is 0 Å². The number of furan rings is 1. The summed E-state index contributed by atoms with van der Waals surface area (Å²) >= 11 is 2.12. The number of carbonyl (C=O) groups excluding carboxylic acids is 1. The van der Waals surface area contributed by atoms with Crippen LogP contribution in [0.5, 0.6) is 5.75 Å². The van der Waals surface area contributed by atoms with Crippen molar-refractivity contribution >= 4 is 40.7 Å². The van der Waals surface area contributed by atoms with Gasteiger partial charge in [-0.25, -0.2) is 10.2 Å². The molecule has 0 aliphatic carbocycles. The van der Waals surface area contributed by atoms with Gasteiger partial charge >= 0.3 is 5.97 Å². The summed E-state index contributed by atoms with van der Waals surface area (Å²) in [5, 5.41) is 13.0.